The predicted molar refractivity (Wildman–Crippen MR) is 70.2 cm³/mol. The van der Waals surface area contributed by atoms with Crippen LogP contribution in [-0.2, 0) is 4.79 Å². The largest absolute Gasteiger partial charge is 0.390 e. The van der Waals surface area contributed by atoms with Crippen LogP contribution in [0.25, 0.3) is 0 Å². The first-order chi connectivity index (χ1) is 8.00. The Balaban J connectivity index is 2.48. The van der Waals surface area contributed by atoms with Crippen LogP contribution in [0, 0.1) is 0 Å². The molecule has 0 aromatic heterocycles. The van der Waals surface area contributed by atoms with Gasteiger partial charge in [0.2, 0.25) is 0 Å². The molecule has 0 spiro atoms. The van der Waals surface area contributed by atoms with Crippen LogP contribution in [0.1, 0.15) is 25.0 Å². The summed E-state index contributed by atoms with van der Waals surface area (Å²) in [6.07, 6.45) is -1.45. The Kier molecular flexibility index (Phi) is 5.98. The molecule has 3 nitrogen and oxygen atoms in total. The molecular formula is C12H15ClO3S. The molecule has 0 aliphatic heterocycles. The van der Waals surface area contributed by atoms with Crippen LogP contribution < -0.4 is 0 Å². The lowest BCUT2D eigenvalue weighted by Gasteiger charge is -2.17. The van der Waals surface area contributed by atoms with E-state index in [-0.39, 0.29) is 5.12 Å². The summed E-state index contributed by atoms with van der Waals surface area (Å²) in [4.78, 5) is 10.7. The van der Waals surface area contributed by atoms with E-state index in [1.165, 1.54) is 6.92 Å². The highest BCUT2D eigenvalue weighted by Crippen LogP contribution is 2.22. The molecule has 17 heavy (non-hydrogen) atoms. The first-order valence-corrected chi connectivity index (χ1v) is 6.62. The number of carbonyl (C=O) groups is 1. The monoisotopic (exact) mass is 274 g/mol. The number of carbonyl (C=O) groups excluding carboxylic acids is 1. The van der Waals surface area contributed by atoms with Gasteiger partial charge in [-0.1, -0.05) is 35.5 Å². The summed E-state index contributed by atoms with van der Waals surface area (Å²) in [6.45, 7) is 1.48. The van der Waals surface area contributed by atoms with Gasteiger partial charge in [-0.05, 0) is 24.1 Å². The maximum absolute atomic E-state index is 10.7. The molecule has 94 valence electrons. The Morgan fingerprint density at radius 2 is 1.94 bits per heavy atom. The van der Waals surface area contributed by atoms with E-state index in [1.807, 2.05) is 0 Å². The van der Waals surface area contributed by atoms with Crippen molar-refractivity contribution in [3.05, 3.63) is 34.9 Å². The molecule has 0 aliphatic rings. The topological polar surface area (TPSA) is 57.5 Å². The van der Waals surface area contributed by atoms with Gasteiger partial charge in [0.1, 0.15) is 6.10 Å². The molecule has 0 amide bonds. The molecule has 5 heteroatoms. The molecule has 0 radical (unpaired) electrons. The molecule has 1 aromatic rings. The molecule has 2 unspecified atom stereocenters. The van der Waals surface area contributed by atoms with Crippen LogP contribution in [-0.4, -0.2) is 27.2 Å². The van der Waals surface area contributed by atoms with Crippen molar-refractivity contribution in [1.82, 2.24) is 0 Å². The molecule has 0 saturated carbocycles. The maximum atomic E-state index is 10.7. The fourth-order valence-corrected chi connectivity index (χ4v) is 2.14. The zero-order chi connectivity index (χ0) is 12.8. The molecule has 0 saturated heterocycles. The van der Waals surface area contributed by atoms with Gasteiger partial charge in [0, 0.05) is 17.7 Å². The minimum atomic E-state index is -0.945. The van der Waals surface area contributed by atoms with Gasteiger partial charge < -0.3 is 10.2 Å². The van der Waals surface area contributed by atoms with E-state index >= 15 is 0 Å². The number of aliphatic hydroxyl groups excluding tert-OH is 2. The minimum Gasteiger partial charge on any atom is -0.390 e. The van der Waals surface area contributed by atoms with Gasteiger partial charge in [0.05, 0.1) is 6.10 Å². The third kappa shape index (κ3) is 5.08. The van der Waals surface area contributed by atoms with Crippen molar-refractivity contribution in [2.75, 3.05) is 5.75 Å². The SMILES string of the molecule is CC(=O)SCCC(O)C(O)c1ccc(Cl)cc1. The zero-order valence-electron chi connectivity index (χ0n) is 9.47. The number of rotatable bonds is 5. The fourth-order valence-electron chi connectivity index (χ4n) is 1.36. The van der Waals surface area contributed by atoms with Gasteiger partial charge in [-0.15, -0.1) is 0 Å². The first kappa shape index (κ1) is 14.5. The van der Waals surface area contributed by atoms with Crippen molar-refractivity contribution in [2.45, 2.75) is 25.6 Å². The number of thioether (sulfide) groups is 1. The summed E-state index contributed by atoms with van der Waals surface area (Å²) in [5.74, 6) is 0.501. The van der Waals surface area contributed by atoms with Crippen molar-refractivity contribution < 1.29 is 15.0 Å². The lowest BCUT2D eigenvalue weighted by atomic mass is 10.0. The van der Waals surface area contributed by atoms with Crippen LogP contribution in [0.4, 0.5) is 0 Å². The van der Waals surface area contributed by atoms with Gasteiger partial charge in [-0.3, -0.25) is 4.79 Å². The molecule has 0 aliphatic carbocycles. The normalized spacial score (nSPS) is 14.4. The number of hydrogen-bond donors (Lipinski definition) is 2. The third-order valence-corrected chi connectivity index (χ3v) is 3.39. The Labute approximate surface area is 110 Å². The Hall–Kier alpha value is -0.550. The molecule has 0 bridgehead atoms. The van der Waals surface area contributed by atoms with Gasteiger partial charge in [0.25, 0.3) is 0 Å². The minimum absolute atomic E-state index is 0.0122. The lowest BCUT2D eigenvalue weighted by molar-refractivity contribution is -0.109. The van der Waals surface area contributed by atoms with Crippen LogP contribution in [0.2, 0.25) is 5.02 Å². The van der Waals surface area contributed by atoms with Crippen molar-refractivity contribution in [1.29, 1.82) is 0 Å². The van der Waals surface area contributed by atoms with E-state index in [0.29, 0.717) is 22.8 Å². The van der Waals surface area contributed by atoms with Crippen LogP contribution in [0.15, 0.2) is 24.3 Å². The van der Waals surface area contributed by atoms with E-state index < -0.39 is 12.2 Å². The average Bonchev–Trinajstić information content (AvgIpc) is 2.28. The Bertz CT molecular complexity index is 367. The van der Waals surface area contributed by atoms with Crippen molar-refractivity contribution in [3.63, 3.8) is 0 Å². The standard InChI is InChI=1S/C12H15ClO3S/c1-8(14)17-7-6-11(15)12(16)9-2-4-10(13)5-3-9/h2-5,11-12,15-16H,6-7H2,1H3. The van der Waals surface area contributed by atoms with E-state index in [4.69, 9.17) is 11.6 Å². The highest BCUT2D eigenvalue weighted by molar-refractivity contribution is 8.13. The summed E-state index contributed by atoms with van der Waals surface area (Å²) in [7, 11) is 0. The molecular weight excluding hydrogens is 260 g/mol. The third-order valence-electron chi connectivity index (χ3n) is 2.29. The first-order valence-electron chi connectivity index (χ1n) is 5.25. The average molecular weight is 275 g/mol. The summed E-state index contributed by atoms with van der Waals surface area (Å²) in [5.41, 5.74) is 0.620. The number of benzene rings is 1. The smallest absolute Gasteiger partial charge is 0.185 e. The summed E-state index contributed by atoms with van der Waals surface area (Å²) < 4.78 is 0. The van der Waals surface area contributed by atoms with Gasteiger partial charge in [-0.25, -0.2) is 0 Å². The molecule has 1 rings (SSSR count). The van der Waals surface area contributed by atoms with Gasteiger partial charge in [0.15, 0.2) is 5.12 Å². The van der Waals surface area contributed by atoms with Gasteiger partial charge >= 0.3 is 0 Å². The van der Waals surface area contributed by atoms with Crippen molar-refractivity contribution in [3.8, 4) is 0 Å². The lowest BCUT2D eigenvalue weighted by Crippen LogP contribution is -2.19. The van der Waals surface area contributed by atoms with E-state index in [1.54, 1.807) is 24.3 Å². The van der Waals surface area contributed by atoms with Crippen molar-refractivity contribution in [2.24, 2.45) is 0 Å². The van der Waals surface area contributed by atoms with Crippen molar-refractivity contribution >= 4 is 28.5 Å². The highest BCUT2D eigenvalue weighted by Gasteiger charge is 2.18. The number of halogens is 1. The Morgan fingerprint density at radius 1 is 1.35 bits per heavy atom. The predicted octanol–water partition coefficient (Wildman–Crippen LogP) is 2.40. The molecule has 1 aromatic carbocycles. The van der Waals surface area contributed by atoms with E-state index in [9.17, 15) is 15.0 Å². The van der Waals surface area contributed by atoms with Crippen LogP contribution >= 0.6 is 23.4 Å². The quantitative estimate of drug-likeness (QED) is 0.866. The highest BCUT2D eigenvalue weighted by atomic mass is 35.5. The van der Waals surface area contributed by atoms with E-state index in [2.05, 4.69) is 0 Å². The number of hydrogen-bond acceptors (Lipinski definition) is 4. The fraction of sp³-hybridized carbons (Fsp3) is 0.417. The summed E-state index contributed by atoms with van der Waals surface area (Å²) in [5, 5.41) is 20.2. The number of aliphatic hydroxyl groups is 2. The second-order valence-corrected chi connectivity index (χ2v) is 5.40. The molecule has 2 N–H and O–H groups in total. The molecule has 2 atom stereocenters. The second-order valence-electron chi connectivity index (χ2n) is 3.69. The van der Waals surface area contributed by atoms with E-state index in [0.717, 1.165) is 11.8 Å². The summed E-state index contributed by atoms with van der Waals surface area (Å²) in [6, 6.07) is 6.68. The van der Waals surface area contributed by atoms with Crippen LogP contribution in [0.3, 0.4) is 0 Å². The maximum Gasteiger partial charge on any atom is 0.185 e. The molecule has 0 fully saturated rings. The van der Waals surface area contributed by atoms with Crippen LogP contribution in [0.5, 0.6) is 0 Å². The second kappa shape index (κ2) is 7.01. The summed E-state index contributed by atoms with van der Waals surface area (Å²) >= 11 is 6.87. The zero-order valence-corrected chi connectivity index (χ0v) is 11.0. The van der Waals surface area contributed by atoms with Gasteiger partial charge in [-0.2, -0.15) is 0 Å². The molecule has 0 heterocycles. The Morgan fingerprint density at radius 3 is 2.47 bits per heavy atom.